The molecule has 0 bridgehead atoms. The molecule has 3 rings (SSSR count). The van der Waals surface area contributed by atoms with Crippen LogP contribution in [0.4, 0.5) is 11.5 Å². The Morgan fingerprint density at radius 2 is 1.88 bits per heavy atom. The summed E-state index contributed by atoms with van der Waals surface area (Å²) in [5.41, 5.74) is 0.865. The van der Waals surface area contributed by atoms with Gasteiger partial charge in [-0.25, -0.2) is 4.98 Å². The van der Waals surface area contributed by atoms with Crippen LogP contribution in [0.25, 0.3) is 0 Å². The van der Waals surface area contributed by atoms with Crippen LogP contribution in [0.1, 0.15) is 6.42 Å². The number of nitriles is 1. The van der Waals surface area contributed by atoms with E-state index in [4.69, 9.17) is 5.26 Å². The predicted octanol–water partition coefficient (Wildman–Crippen LogP) is 0.152. The van der Waals surface area contributed by atoms with Gasteiger partial charge in [0.15, 0.2) is 6.54 Å². The highest BCUT2D eigenvalue weighted by atomic mass is 16.2. The van der Waals surface area contributed by atoms with Crippen LogP contribution in [0.3, 0.4) is 0 Å². The van der Waals surface area contributed by atoms with E-state index in [2.05, 4.69) is 22.0 Å². The molecule has 1 aromatic carbocycles. The number of nitrogens with zero attached hydrogens (tertiary/aromatic N) is 3. The molecule has 2 aromatic rings. The van der Waals surface area contributed by atoms with Gasteiger partial charge in [-0.05, 0) is 18.2 Å². The molecule has 6 heteroatoms. The predicted molar refractivity (Wildman–Crippen MR) is 99.8 cm³/mol. The monoisotopic (exact) mass is 351 g/mol. The maximum atomic E-state index is 12.8. The normalized spacial score (nSPS) is 14.7. The summed E-state index contributed by atoms with van der Waals surface area (Å²) >= 11 is 0. The number of pyridine rings is 1. The van der Waals surface area contributed by atoms with Gasteiger partial charge in [0.1, 0.15) is 26.2 Å². The van der Waals surface area contributed by atoms with Crippen molar-refractivity contribution >= 4 is 17.4 Å². The first kappa shape index (κ1) is 17.9. The number of rotatable bonds is 6. The number of aromatic amines is 1. The molecule has 1 fully saturated rings. The van der Waals surface area contributed by atoms with E-state index in [1.807, 2.05) is 48.7 Å². The topological polar surface area (TPSA) is 65.9 Å². The van der Waals surface area contributed by atoms with Crippen molar-refractivity contribution in [1.29, 1.82) is 5.26 Å². The lowest BCUT2D eigenvalue weighted by molar-refractivity contribution is -0.892. The number of quaternary nitrogens is 1. The highest BCUT2D eigenvalue weighted by Gasteiger charge is 2.28. The number of H-pyrrole nitrogens is 1. The van der Waals surface area contributed by atoms with E-state index in [-0.39, 0.29) is 5.91 Å². The Bertz CT molecular complexity index is 736. The molecule has 6 nitrogen and oxygen atoms in total. The van der Waals surface area contributed by atoms with Crippen molar-refractivity contribution in [3.63, 3.8) is 0 Å². The Morgan fingerprint density at radius 3 is 2.54 bits per heavy atom. The number of piperazine rings is 1. The molecule has 1 amide bonds. The van der Waals surface area contributed by atoms with Crippen molar-refractivity contribution in [2.75, 3.05) is 49.1 Å². The second-order valence-electron chi connectivity index (χ2n) is 6.45. The van der Waals surface area contributed by atoms with Gasteiger partial charge < -0.3 is 9.80 Å². The maximum absolute atomic E-state index is 12.8. The first-order valence-electron chi connectivity index (χ1n) is 9.05. The third kappa shape index (κ3) is 4.58. The van der Waals surface area contributed by atoms with Crippen molar-refractivity contribution in [1.82, 2.24) is 0 Å². The minimum absolute atomic E-state index is 0.0844. The lowest BCUT2D eigenvalue weighted by atomic mass is 10.2. The summed E-state index contributed by atoms with van der Waals surface area (Å²) < 4.78 is 0. The average Bonchev–Trinajstić information content (AvgIpc) is 2.70. The van der Waals surface area contributed by atoms with Crippen LogP contribution < -0.4 is 19.7 Å². The molecule has 1 aliphatic heterocycles. The van der Waals surface area contributed by atoms with Crippen LogP contribution in [0.2, 0.25) is 0 Å². The molecule has 1 aromatic heterocycles. The Labute approximate surface area is 154 Å². The first-order valence-corrected chi connectivity index (χ1v) is 9.05. The molecule has 0 aliphatic carbocycles. The summed E-state index contributed by atoms with van der Waals surface area (Å²) in [5, 5.41) is 8.90. The Kier molecular flexibility index (Phi) is 6.18. The van der Waals surface area contributed by atoms with E-state index in [0.717, 1.165) is 37.7 Å². The molecule has 1 aliphatic rings. The summed E-state index contributed by atoms with van der Waals surface area (Å²) in [6.07, 6.45) is 2.28. The lowest BCUT2D eigenvalue weighted by Gasteiger charge is -2.30. The van der Waals surface area contributed by atoms with Gasteiger partial charge >= 0.3 is 0 Å². The lowest BCUT2D eigenvalue weighted by Crippen LogP contribution is -3.16. The molecular formula is C20H25N5O+2. The number of para-hydroxylation sites is 1. The van der Waals surface area contributed by atoms with E-state index in [1.165, 1.54) is 4.90 Å². The minimum atomic E-state index is 0.0844. The van der Waals surface area contributed by atoms with Gasteiger partial charge in [0.25, 0.3) is 11.7 Å². The van der Waals surface area contributed by atoms with Crippen molar-refractivity contribution in [3.05, 3.63) is 54.7 Å². The summed E-state index contributed by atoms with van der Waals surface area (Å²) in [4.78, 5) is 21.5. The van der Waals surface area contributed by atoms with Gasteiger partial charge in [0.2, 0.25) is 0 Å². The van der Waals surface area contributed by atoms with Gasteiger partial charge in [-0.3, -0.25) is 9.69 Å². The van der Waals surface area contributed by atoms with Crippen LogP contribution in [-0.2, 0) is 4.79 Å². The zero-order valence-electron chi connectivity index (χ0n) is 14.9. The second kappa shape index (κ2) is 8.97. The highest BCUT2D eigenvalue weighted by Crippen LogP contribution is 2.13. The van der Waals surface area contributed by atoms with Crippen molar-refractivity contribution in [2.24, 2.45) is 0 Å². The molecule has 1 saturated heterocycles. The molecule has 26 heavy (non-hydrogen) atoms. The number of carbonyl (C=O) groups excluding carboxylic acids is 1. The van der Waals surface area contributed by atoms with Gasteiger partial charge in [-0.2, -0.15) is 5.26 Å². The van der Waals surface area contributed by atoms with E-state index in [1.54, 1.807) is 4.90 Å². The molecule has 134 valence electrons. The number of hydrogen-bond donors (Lipinski definition) is 1. The highest BCUT2D eigenvalue weighted by molar-refractivity contribution is 5.94. The SMILES string of the molecule is N#CCCN(C(=O)C[NH+]1CCN(c2cccc[nH+]2)CC1)c1ccccc1. The summed E-state index contributed by atoms with van der Waals surface area (Å²) in [6, 6.07) is 17.8. The molecular weight excluding hydrogens is 326 g/mol. The minimum Gasteiger partial charge on any atom is -0.321 e. The average molecular weight is 351 g/mol. The maximum Gasteiger partial charge on any atom is 0.282 e. The van der Waals surface area contributed by atoms with Crippen LogP contribution in [0.5, 0.6) is 0 Å². The number of nitrogens with one attached hydrogen (secondary N) is 2. The number of carbonyl (C=O) groups is 1. The molecule has 0 saturated carbocycles. The van der Waals surface area contributed by atoms with Crippen molar-refractivity contribution in [2.45, 2.75) is 6.42 Å². The summed E-state index contributed by atoms with van der Waals surface area (Å²) in [7, 11) is 0. The third-order valence-electron chi connectivity index (χ3n) is 4.72. The molecule has 2 heterocycles. The van der Waals surface area contributed by atoms with E-state index < -0.39 is 0 Å². The van der Waals surface area contributed by atoms with E-state index in [9.17, 15) is 4.79 Å². The van der Waals surface area contributed by atoms with Crippen molar-refractivity contribution < 1.29 is 14.7 Å². The van der Waals surface area contributed by atoms with Gasteiger partial charge in [0, 0.05) is 18.3 Å². The smallest absolute Gasteiger partial charge is 0.282 e. The Balaban J connectivity index is 1.57. The van der Waals surface area contributed by atoms with Crippen LogP contribution in [0, 0.1) is 11.3 Å². The number of anilines is 2. The van der Waals surface area contributed by atoms with E-state index >= 15 is 0 Å². The van der Waals surface area contributed by atoms with Gasteiger partial charge in [0.05, 0.1) is 18.7 Å². The number of amides is 1. The fraction of sp³-hybridized carbons (Fsp3) is 0.350. The Morgan fingerprint density at radius 1 is 1.15 bits per heavy atom. The zero-order valence-corrected chi connectivity index (χ0v) is 14.9. The number of aromatic nitrogens is 1. The largest absolute Gasteiger partial charge is 0.321 e. The van der Waals surface area contributed by atoms with E-state index in [0.29, 0.717) is 19.5 Å². The zero-order chi connectivity index (χ0) is 18.2. The van der Waals surface area contributed by atoms with Crippen LogP contribution in [0.15, 0.2) is 54.7 Å². The fourth-order valence-corrected chi connectivity index (χ4v) is 3.30. The first-order chi connectivity index (χ1) is 12.8. The van der Waals surface area contributed by atoms with Crippen molar-refractivity contribution in [3.8, 4) is 6.07 Å². The van der Waals surface area contributed by atoms with Crippen LogP contribution in [-0.4, -0.2) is 45.2 Å². The molecule has 2 N–H and O–H groups in total. The molecule has 0 unspecified atom stereocenters. The third-order valence-corrected chi connectivity index (χ3v) is 4.72. The standard InChI is InChI=1S/C20H23N5O/c21-10-6-12-25(18-7-2-1-3-8-18)20(26)17-23-13-15-24(16-14-23)19-9-4-5-11-22-19/h1-5,7-9,11H,6,12-17H2/p+2. The van der Waals surface area contributed by atoms with Gasteiger partial charge in [-0.1, -0.05) is 24.3 Å². The molecule has 0 spiro atoms. The summed E-state index contributed by atoms with van der Waals surface area (Å²) in [5.74, 6) is 1.21. The Hall–Kier alpha value is -2.91. The summed E-state index contributed by atoms with van der Waals surface area (Å²) in [6.45, 7) is 4.61. The number of hydrogen-bond acceptors (Lipinski definition) is 3. The fourth-order valence-electron chi connectivity index (χ4n) is 3.30. The number of benzene rings is 1. The van der Waals surface area contributed by atoms with Gasteiger partial charge in [-0.15, -0.1) is 0 Å². The van der Waals surface area contributed by atoms with Crippen LogP contribution >= 0.6 is 0 Å². The molecule has 0 radical (unpaired) electrons. The second-order valence-corrected chi connectivity index (χ2v) is 6.45. The molecule has 0 atom stereocenters. The quantitative estimate of drug-likeness (QED) is 0.806.